The molecule has 0 saturated carbocycles. The molecule has 0 spiro atoms. The first-order chi connectivity index (χ1) is 15.4. The van der Waals surface area contributed by atoms with Gasteiger partial charge in [-0.3, -0.25) is 4.79 Å². The van der Waals surface area contributed by atoms with Crippen LogP contribution in [0.3, 0.4) is 0 Å². The first-order valence-corrected chi connectivity index (χ1v) is 13.1. The Bertz CT molecular complexity index is 953. The molecule has 2 aromatic rings. The van der Waals surface area contributed by atoms with Gasteiger partial charge >= 0.3 is 0 Å². The van der Waals surface area contributed by atoms with Gasteiger partial charge in [0, 0.05) is 44.6 Å². The Morgan fingerprint density at radius 1 is 1.06 bits per heavy atom. The Kier molecular flexibility index (Phi) is 8.84. The lowest BCUT2D eigenvalue weighted by atomic mass is 10.0. The van der Waals surface area contributed by atoms with E-state index in [9.17, 15) is 13.2 Å². The zero-order valence-electron chi connectivity index (χ0n) is 19.1. The molecule has 7 heteroatoms. The van der Waals surface area contributed by atoms with Gasteiger partial charge in [0.05, 0.1) is 11.5 Å². The second-order valence-corrected chi connectivity index (χ2v) is 10.5. The van der Waals surface area contributed by atoms with Crippen LogP contribution in [0, 0.1) is 0 Å². The number of hydrogen-bond donors (Lipinski definition) is 0. The van der Waals surface area contributed by atoms with Crippen LogP contribution in [-0.4, -0.2) is 76.3 Å². The molecule has 174 valence electrons. The van der Waals surface area contributed by atoms with Crippen LogP contribution in [0.5, 0.6) is 0 Å². The van der Waals surface area contributed by atoms with Gasteiger partial charge in [0.2, 0.25) is 0 Å². The van der Waals surface area contributed by atoms with Crippen molar-refractivity contribution < 1.29 is 17.9 Å². The summed E-state index contributed by atoms with van der Waals surface area (Å²) in [7, 11) is -1.64. The van der Waals surface area contributed by atoms with E-state index in [0.29, 0.717) is 18.7 Å². The summed E-state index contributed by atoms with van der Waals surface area (Å²) in [6.07, 6.45) is 5.25. The van der Waals surface area contributed by atoms with Crippen LogP contribution < -0.4 is 0 Å². The summed E-state index contributed by atoms with van der Waals surface area (Å²) in [5.74, 6) is -0.0652. The lowest BCUT2D eigenvalue weighted by Crippen LogP contribution is -2.48. The van der Waals surface area contributed by atoms with E-state index in [4.69, 9.17) is 4.74 Å². The minimum atomic E-state index is -3.28. The monoisotopic (exact) mass is 458 g/mol. The van der Waals surface area contributed by atoms with Crippen molar-refractivity contribution in [2.24, 2.45) is 0 Å². The van der Waals surface area contributed by atoms with Crippen molar-refractivity contribution in [2.75, 3.05) is 46.2 Å². The average Bonchev–Trinajstić information content (AvgIpc) is 2.80. The highest BCUT2D eigenvalue weighted by Crippen LogP contribution is 2.20. The molecule has 32 heavy (non-hydrogen) atoms. The van der Waals surface area contributed by atoms with Crippen LogP contribution in [0.4, 0.5) is 0 Å². The molecule has 6 nitrogen and oxygen atoms in total. The third kappa shape index (κ3) is 6.89. The molecule has 0 aromatic heterocycles. The average molecular weight is 459 g/mol. The number of aryl methyl sites for hydroxylation is 1. The standard InChI is InChI=1S/C25H34N2O4S/c1-31-20-19-27(25(28)22-10-12-24(13-11-22)32(2,29)30)23-14-17-26(18-15-23)16-6-9-21-7-4-3-5-8-21/h3-5,7-8,10-13,23H,6,9,14-20H2,1-2H3. The molecule has 0 bridgehead atoms. The van der Waals surface area contributed by atoms with Gasteiger partial charge in [-0.2, -0.15) is 0 Å². The smallest absolute Gasteiger partial charge is 0.254 e. The second-order valence-electron chi connectivity index (χ2n) is 8.45. The van der Waals surface area contributed by atoms with Gasteiger partial charge < -0.3 is 14.5 Å². The van der Waals surface area contributed by atoms with Crippen LogP contribution in [0.25, 0.3) is 0 Å². The molecule has 0 radical (unpaired) electrons. The molecule has 0 aliphatic carbocycles. The second kappa shape index (κ2) is 11.6. The van der Waals surface area contributed by atoms with E-state index < -0.39 is 9.84 Å². The van der Waals surface area contributed by atoms with Gasteiger partial charge in [0.15, 0.2) is 9.84 Å². The summed E-state index contributed by atoms with van der Waals surface area (Å²) < 4.78 is 28.7. The SMILES string of the molecule is COCCN(C(=O)c1ccc(S(C)(=O)=O)cc1)C1CCN(CCCc2ccccc2)CC1. The molecule has 1 saturated heterocycles. The minimum absolute atomic E-state index is 0.0652. The van der Waals surface area contributed by atoms with E-state index in [1.165, 1.54) is 24.0 Å². The van der Waals surface area contributed by atoms with E-state index in [1.54, 1.807) is 19.2 Å². The summed E-state index contributed by atoms with van der Waals surface area (Å²) in [6, 6.07) is 17.0. The molecule has 1 amide bonds. The minimum Gasteiger partial charge on any atom is -0.383 e. The Morgan fingerprint density at radius 3 is 2.31 bits per heavy atom. The highest BCUT2D eigenvalue weighted by atomic mass is 32.2. The predicted octanol–water partition coefficient (Wildman–Crippen LogP) is 3.28. The summed E-state index contributed by atoms with van der Waals surface area (Å²) in [5, 5.41) is 0. The number of methoxy groups -OCH3 is 1. The number of nitrogens with zero attached hydrogens (tertiary/aromatic N) is 2. The molecule has 0 unspecified atom stereocenters. The lowest BCUT2D eigenvalue weighted by Gasteiger charge is -2.38. The maximum Gasteiger partial charge on any atom is 0.254 e. The van der Waals surface area contributed by atoms with Gasteiger partial charge in [-0.25, -0.2) is 8.42 Å². The Hall–Kier alpha value is -2.22. The van der Waals surface area contributed by atoms with E-state index in [0.717, 1.165) is 45.3 Å². The van der Waals surface area contributed by atoms with Crippen molar-refractivity contribution >= 4 is 15.7 Å². The van der Waals surface area contributed by atoms with Crippen molar-refractivity contribution in [1.29, 1.82) is 0 Å². The highest BCUT2D eigenvalue weighted by molar-refractivity contribution is 7.90. The fourth-order valence-corrected chi connectivity index (χ4v) is 4.89. The van der Waals surface area contributed by atoms with Crippen LogP contribution in [0.2, 0.25) is 0 Å². The van der Waals surface area contributed by atoms with Crippen LogP contribution in [0.15, 0.2) is 59.5 Å². The topological polar surface area (TPSA) is 66.9 Å². The fourth-order valence-electron chi connectivity index (χ4n) is 4.26. The molecular weight excluding hydrogens is 424 g/mol. The van der Waals surface area contributed by atoms with Crippen LogP contribution in [-0.2, 0) is 21.0 Å². The van der Waals surface area contributed by atoms with E-state index in [1.807, 2.05) is 11.0 Å². The van der Waals surface area contributed by atoms with Gasteiger partial charge in [-0.05, 0) is 62.1 Å². The molecule has 1 fully saturated rings. The molecule has 0 N–H and O–H groups in total. The fraction of sp³-hybridized carbons (Fsp3) is 0.480. The molecule has 0 atom stereocenters. The Labute approximate surface area is 192 Å². The normalized spacial score (nSPS) is 15.6. The third-order valence-corrected chi connectivity index (χ3v) is 7.24. The molecule has 3 rings (SSSR count). The number of rotatable bonds is 10. The number of sulfone groups is 1. The highest BCUT2D eigenvalue weighted by Gasteiger charge is 2.28. The number of carbonyl (C=O) groups excluding carboxylic acids is 1. The zero-order chi connectivity index (χ0) is 23.0. The summed E-state index contributed by atoms with van der Waals surface area (Å²) >= 11 is 0. The number of likely N-dealkylation sites (tertiary alicyclic amines) is 1. The molecule has 2 aromatic carbocycles. The van der Waals surface area contributed by atoms with Crippen molar-refractivity contribution in [3.05, 3.63) is 65.7 Å². The zero-order valence-corrected chi connectivity index (χ0v) is 19.9. The van der Waals surface area contributed by atoms with Crippen molar-refractivity contribution in [3.63, 3.8) is 0 Å². The van der Waals surface area contributed by atoms with Gasteiger partial charge in [0.25, 0.3) is 5.91 Å². The molecule has 1 heterocycles. The predicted molar refractivity (Wildman–Crippen MR) is 127 cm³/mol. The first-order valence-electron chi connectivity index (χ1n) is 11.2. The maximum absolute atomic E-state index is 13.2. The van der Waals surface area contributed by atoms with E-state index >= 15 is 0 Å². The quantitative estimate of drug-likeness (QED) is 0.547. The number of ether oxygens (including phenoxy) is 1. The largest absolute Gasteiger partial charge is 0.383 e. The third-order valence-electron chi connectivity index (χ3n) is 6.11. The van der Waals surface area contributed by atoms with Crippen molar-refractivity contribution in [1.82, 2.24) is 9.80 Å². The van der Waals surface area contributed by atoms with Crippen LogP contribution in [0.1, 0.15) is 35.2 Å². The Morgan fingerprint density at radius 2 is 1.72 bits per heavy atom. The van der Waals surface area contributed by atoms with Gasteiger partial charge in [-0.1, -0.05) is 30.3 Å². The number of benzene rings is 2. The van der Waals surface area contributed by atoms with Crippen LogP contribution >= 0.6 is 0 Å². The first kappa shape index (κ1) is 24.4. The number of piperidine rings is 1. The summed E-state index contributed by atoms with van der Waals surface area (Å²) in [6.45, 7) is 4.03. The number of carbonyl (C=O) groups is 1. The number of hydrogen-bond acceptors (Lipinski definition) is 5. The van der Waals surface area contributed by atoms with E-state index in [-0.39, 0.29) is 16.8 Å². The van der Waals surface area contributed by atoms with E-state index in [2.05, 4.69) is 29.2 Å². The number of amides is 1. The van der Waals surface area contributed by atoms with Gasteiger partial charge in [0.1, 0.15) is 0 Å². The lowest BCUT2D eigenvalue weighted by molar-refractivity contribution is 0.0484. The Balaban J connectivity index is 1.56. The molecule has 1 aliphatic heterocycles. The molecular formula is C25H34N2O4S. The maximum atomic E-state index is 13.2. The molecule has 1 aliphatic rings. The van der Waals surface area contributed by atoms with Crippen molar-refractivity contribution in [3.8, 4) is 0 Å². The summed E-state index contributed by atoms with van der Waals surface area (Å²) in [4.78, 5) is 17.8. The van der Waals surface area contributed by atoms with Crippen molar-refractivity contribution in [2.45, 2.75) is 36.6 Å². The van der Waals surface area contributed by atoms with Gasteiger partial charge in [-0.15, -0.1) is 0 Å². The summed E-state index contributed by atoms with van der Waals surface area (Å²) in [5.41, 5.74) is 1.89.